The van der Waals surface area contributed by atoms with E-state index >= 15 is 0 Å². The Kier molecular flexibility index (Phi) is 3.86. The second kappa shape index (κ2) is 5.80. The first-order chi connectivity index (χ1) is 10.1. The predicted molar refractivity (Wildman–Crippen MR) is 87.6 cm³/mol. The first-order valence-corrected chi connectivity index (χ1v) is 7.21. The summed E-state index contributed by atoms with van der Waals surface area (Å²) >= 11 is 11.9. The van der Waals surface area contributed by atoms with Gasteiger partial charge in [0.05, 0.1) is 12.2 Å². The molecule has 3 nitrogen and oxygen atoms in total. The molecular formula is C16H13Cl2N3. The van der Waals surface area contributed by atoms with E-state index in [0.717, 1.165) is 21.8 Å². The molecular weight excluding hydrogens is 305 g/mol. The molecule has 0 aliphatic carbocycles. The van der Waals surface area contributed by atoms with E-state index in [4.69, 9.17) is 28.9 Å². The molecule has 0 aliphatic heterocycles. The molecule has 21 heavy (non-hydrogen) atoms. The van der Waals surface area contributed by atoms with Crippen LogP contribution in [0.4, 0.5) is 5.69 Å². The van der Waals surface area contributed by atoms with E-state index in [1.165, 1.54) is 0 Å². The third-order valence-electron chi connectivity index (χ3n) is 3.15. The van der Waals surface area contributed by atoms with Crippen molar-refractivity contribution in [1.82, 2.24) is 9.78 Å². The molecule has 1 aromatic heterocycles. The minimum atomic E-state index is 0.631. The molecule has 5 heteroatoms. The van der Waals surface area contributed by atoms with E-state index in [0.29, 0.717) is 17.3 Å². The first-order valence-electron chi connectivity index (χ1n) is 6.45. The fraction of sp³-hybridized carbons (Fsp3) is 0.0625. The quantitative estimate of drug-likeness (QED) is 0.773. The van der Waals surface area contributed by atoms with Crippen molar-refractivity contribution in [3.63, 3.8) is 0 Å². The van der Waals surface area contributed by atoms with Crippen molar-refractivity contribution in [2.75, 3.05) is 5.73 Å². The molecule has 3 rings (SSSR count). The maximum absolute atomic E-state index is 6.05. The number of nitrogens with zero attached hydrogens (tertiary/aromatic N) is 2. The predicted octanol–water partition coefficient (Wildman–Crippen LogP) is 4.49. The molecule has 3 aromatic rings. The van der Waals surface area contributed by atoms with Crippen LogP contribution in [0.1, 0.15) is 5.56 Å². The summed E-state index contributed by atoms with van der Waals surface area (Å²) in [5.74, 6) is 0. The summed E-state index contributed by atoms with van der Waals surface area (Å²) in [5, 5.41) is 5.93. The third-order valence-corrected chi connectivity index (χ3v) is 3.63. The van der Waals surface area contributed by atoms with Crippen LogP contribution in [0, 0.1) is 0 Å². The molecule has 0 saturated carbocycles. The van der Waals surface area contributed by atoms with E-state index in [1.807, 2.05) is 59.4 Å². The zero-order valence-electron chi connectivity index (χ0n) is 11.1. The van der Waals surface area contributed by atoms with E-state index < -0.39 is 0 Å². The van der Waals surface area contributed by atoms with Crippen LogP contribution in [-0.4, -0.2) is 9.78 Å². The monoisotopic (exact) mass is 317 g/mol. The average molecular weight is 318 g/mol. The molecule has 0 bridgehead atoms. The highest BCUT2D eigenvalue weighted by atomic mass is 35.5. The van der Waals surface area contributed by atoms with Crippen molar-refractivity contribution < 1.29 is 0 Å². The van der Waals surface area contributed by atoms with Gasteiger partial charge in [0.2, 0.25) is 0 Å². The number of rotatable bonds is 3. The lowest BCUT2D eigenvalue weighted by molar-refractivity contribution is 0.689. The summed E-state index contributed by atoms with van der Waals surface area (Å²) in [4.78, 5) is 0. The van der Waals surface area contributed by atoms with Gasteiger partial charge < -0.3 is 5.73 Å². The van der Waals surface area contributed by atoms with Crippen LogP contribution in [0.3, 0.4) is 0 Å². The van der Waals surface area contributed by atoms with Crippen LogP contribution in [0.25, 0.3) is 11.3 Å². The largest absolute Gasteiger partial charge is 0.396 e. The summed E-state index contributed by atoms with van der Waals surface area (Å²) in [6.07, 6.45) is 1.82. The van der Waals surface area contributed by atoms with Crippen molar-refractivity contribution in [3.05, 3.63) is 70.3 Å². The number of anilines is 1. The zero-order valence-corrected chi connectivity index (χ0v) is 12.6. The number of nitrogen functional groups attached to an aromatic ring is 1. The lowest BCUT2D eigenvalue weighted by atomic mass is 10.1. The van der Waals surface area contributed by atoms with Gasteiger partial charge in [0.1, 0.15) is 5.69 Å². The molecule has 0 spiro atoms. The number of hydrogen-bond donors (Lipinski definition) is 1. The van der Waals surface area contributed by atoms with Gasteiger partial charge in [-0.05, 0) is 29.8 Å². The zero-order chi connectivity index (χ0) is 14.8. The van der Waals surface area contributed by atoms with Crippen molar-refractivity contribution in [1.29, 1.82) is 0 Å². The van der Waals surface area contributed by atoms with Crippen LogP contribution in [-0.2, 0) is 6.54 Å². The van der Waals surface area contributed by atoms with Crippen molar-refractivity contribution in [2.24, 2.45) is 0 Å². The minimum absolute atomic E-state index is 0.631. The topological polar surface area (TPSA) is 43.8 Å². The Morgan fingerprint density at radius 3 is 2.48 bits per heavy atom. The third kappa shape index (κ3) is 3.20. The normalized spacial score (nSPS) is 10.8. The lowest BCUT2D eigenvalue weighted by Crippen LogP contribution is -2.00. The standard InChI is InChI=1S/C16H13Cl2N3/c17-13-6-4-11(5-7-13)9-21-10-15(19)16(20-21)12-2-1-3-14(18)8-12/h1-8,10H,9,19H2. The molecule has 2 N–H and O–H groups in total. The Morgan fingerprint density at radius 1 is 1.00 bits per heavy atom. The highest BCUT2D eigenvalue weighted by Crippen LogP contribution is 2.26. The molecule has 2 aromatic carbocycles. The molecule has 0 unspecified atom stereocenters. The maximum atomic E-state index is 6.05. The summed E-state index contributed by atoms with van der Waals surface area (Å²) in [7, 11) is 0. The smallest absolute Gasteiger partial charge is 0.115 e. The van der Waals surface area contributed by atoms with Crippen LogP contribution in [0.15, 0.2) is 54.7 Å². The number of halogens is 2. The van der Waals surface area contributed by atoms with Gasteiger partial charge in [0.25, 0.3) is 0 Å². The molecule has 0 saturated heterocycles. The van der Waals surface area contributed by atoms with E-state index in [9.17, 15) is 0 Å². The second-order valence-electron chi connectivity index (χ2n) is 4.77. The van der Waals surface area contributed by atoms with Gasteiger partial charge in [-0.15, -0.1) is 0 Å². The fourth-order valence-electron chi connectivity index (χ4n) is 2.15. The Balaban J connectivity index is 1.89. The number of hydrogen-bond acceptors (Lipinski definition) is 2. The number of aromatic nitrogens is 2. The second-order valence-corrected chi connectivity index (χ2v) is 5.64. The molecule has 0 amide bonds. The molecule has 0 radical (unpaired) electrons. The van der Waals surface area contributed by atoms with Gasteiger partial charge in [-0.1, -0.05) is 47.5 Å². The van der Waals surface area contributed by atoms with Gasteiger partial charge in [-0.3, -0.25) is 4.68 Å². The number of benzene rings is 2. The Hall–Kier alpha value is -1.97. The average Bonchev–Trinajstić information content (AvgIpc) is 2.82. The summed E-state index contributed by atoms with van der Waals surface area (Å²) in [5.41, 5.74) is 9.45. The molecule has 1 heterocycles. The fourth-order valence-corrected chi connectivity index (χ4v) is 2.47. The lowest BCUT2D eigenvalue weighted by Gasteiger charge is -2.02. The van der Waals surface area contributed by atoms with Crippen molar-refractivity contribution >= 4 is 28.9 Å². The summed E-state index contributed by atoms with van der Waals surface area (Å²) < 4.78 is 1.81. The van der Waals surface area contributed by atoms with Gasteiger partial charge in [0.15, 0.2) is 0 Å². The van der Waals surface area contributed by atoms with E-state index in [1.54, 1.807) is 0 Å². The maximum Gasteiger partial charge on any atom is 0.115 e. The highest BCUT2D eigenvalue weighted by Gasteiger charge is 2.09. The van der Waals surface area contributed by atoms with Crippen LogP contribution in [0.5, 0.6) is 0 Å². The van der Waals surface area contributed by atoms with Crippen LogP contribution >= 0.6 is 23.2 Å². The summed E-state index contributed by atoms with van der Waals surface area (Å²) in [6, 6.07) is 15.2. The molecule has 0 fully saturated rings. The van der Waals surface area contributed by atoms with Crippen LogP contribution < -0.4 is 5.73 Å². The Labute approximate surface area is 132 Å². The highest BCUT2D eigenvalue weighted by molar-refractivity contribution is 6.31. The van der Waals surface area contributed by atoms with E-state index in [-0.39, 0.29) is 0 Å². The molecule has 106 valence electrons. The Bertz CT molecular complexity index is 763. The van der Waals surface area contributed by atoms with Gasteiger partial charge >= 0.3 is 0 Å². The summed E-state index contributed by atoms with van der Waals surface area (Å²) in [6.45, 7) is 0.641. The van der Waals surface area contributed by atoms with Gasteiger partial charge in [-0.25, -0.2) is 0 Å². The minimum Gasteiger partial charge on any atom is -0.396 e. The van der Waals surface area contributed by atoms with Crippen molar-refractivity contribution in [2.45, 2.75) is 6.54 Å². The molecule has 0 aliphatic rings. The van der Waals surface area contributed by atoms with Gasteiger partial charge in [-0.2, -0.15) is 5.10 Å². The van der Waals surface area contributed by atoms with Crippen molar-refractivity contribution in [3.8, 4) is 11.3 Å². The van der Waals surface area contributed by atoms with E-state index in [2.05, 4.69) is 5.10 Å². The van der Waals surface area contributed by atoms with Gasteiger partial charge in [0, 0.05) is 21.8 Å². The van der Waals surface area contributed by atoms with Crippen LogP contribution in [0.2, 0.25) is 10.0 Å². The Morgan fingerprint density at radius 2 is 1.76 bits per heavy atom. The SMILES string of the molecule is Nc1cn(Cc2ccc(Cl)cc2)nc1-c1cccc(Cl)c1. The number of nitrogens with two attached hydrogens (primary N) is 1. The first kappa shape index (κ1) is 14.0. The molecule has 0 atom stereocenters.